The SMILES string of the molecule is Cc1cc(-c2ccnc3nn(-c4ccc(CN5CCC(c6ccc(NC7CCC(=O)NC7=O)cc6)CC5)cc4)cc23)ccc1CNC(=O)OC(C)(C)C. The number of carbonyl (C=O) groups excluding carboxylic acids is 3. The number of carbonyl (C=O) groups is 3. The minimum atomic E-state index is -0.541. The average Bonchev–Trinajstić information content (AvgIpc) is 3.57. The third kappa shape index (κ3) is 8.74. The first kappa shape index (κ1) is 35.8. The molecule has 1 atom stereocenters. The van der Waals surface area contributed by atoms with Gasteiger partial charge in [-0.15, -0.1) is 5.10 Å². The molecule has 274 valence electrons. The number of alkyl carbamates (subject to hydrolysis) is 1. The standard InChI is InChI=1S/C42H47N7O4/c1-27-23-31(7-8-32(27)24-44-41(52)53-42(2,3)4)35-17-20-43-39-36(35)26-49(47-39)34-13-5-28(6-14-34)25-48-21-18-30(19-22-48)29-9-11-33(12-10-29)45-37-15-16-38(50)46-40(37)51/h5-14,17,20,23,26,30,37,45H,15-16,18-19,21-22,24-25H2,1-4H3,(H,44,52)(H,46,50,51). The van der Waals surface area contributed by atoms with Crippen molar-refractivity contribution in [1.29, 1.82) is 0 Å². The number of nitrogens with one attached hydrogen (secondary N) is 3. The number of benzene rings is 3. The zero-order valence-corrected chi connectivity index (χ0v) is 30.8. The molecule has 11 heteroatoms. The molecule has 0 radical (unpaired) electrons. The fourth-order valence-electron chi connectivity index (χ4n) is 7.17. The van der Waals surface area contributed by atoms with Crippen LogP contribution >= 0.6 is 0 Å². The number of fused-ring (bicyclic) bond motifs is 1. The summed E-state index contributed by atoms with van der Waals surface area (Å²) in [5.41, 5.74) is 8.83. The lowest BCUT2D eigenvalue weighted by atomic mass is 9.89. The number of amides is 3. The molecule has 3 amide bonds. The van der Waals surface area contributed by atoms with Gasteiger partial charge in [0.25, 0.3) is 0 Å². The number of rotatable bonds is 9. The highest BCUT2D eigenvalue weighted by Gasteiger charge is 2.27. The van der Waals surface area contributed by atoms with E-state index in [4.69, 9.17) is 9.84 Å². The predicted octanol–water partition coefficient (Wildman–Crippen LogP) is 7.02. The largest absolute Gasteiger partial charge is 0.444 e. The molecular weight excluding hydrogens is 667 g/mol. The third-order valence-electron chi connectivity index (χ3n) is 10.1. The fourth-order valence-corrected chi connectivity index (χ4v) is 7.17. The van der Waals surface area contributed by atoms with Crippen LogP contribution in [-0.4, -0.2) is 62.3 Å². The molecule has 53 heavy (non-hydrogen) atoms. The number of hydrogen-bond acceptors (Lipinski definition) is 8. The van der Waals surface area contributed by atoms with Gasteiger partial charge in [0.05, 0.1) is 5.69 Å². The Balaban J connectivity index is 0.937. The topological polar surface area (TPSA) is 130 Å². The second-order valence-electron chi connectivity index (χ2n) is 15.2. The van der Waals surface area contributed by atoms with E-state index in [0.717, 1.165) is 71.5 Å². The molecule has 4 heterocycles. The van der Waals surface area contributed by atoms with Gasteiger partial charge in [-0.1, -0.05) is 42.5 Å². The second-order valence-corrected chi connectivity index (χ2v) is 15.2. The lowest BCUT2D eigenvalue weighted by Gasteiger charge is -2.32. The van der Waals surface area contributed by atoms with Crippen molar-refractivity contribution in [2.24, 2.45) is 0 Å². The number of hydrogen-bond donors (Lipinski definition) is 3. The summed E-state index contributed by atoms with van der Waals surface area (Å²) in [5.74, 6) is 0.0516. The lowest BCUT2D eigenvalue weighted by molar-refractivity contribution is -0.133. The maximum Gasteiger partial charge on any atom is 0.407 e. The third-order valence-corrected chi connectivity index (χ3v) is 10.1. The fraction of sp³-hybridized carbons (Fsp3) is 0.357. The minimum Gasteiger partial charge on any atom is -0.444 e. The first-order chi connectivity index (χ1) is 25.5. The van der Waals surface area contributed by atoms with Crippen molar-refractivity contribution in [3.63, 3.8) is 0 Å². The lowest BCUT2D eigenvalue weighted by Crippen LogP contribution is -2.47. The number of ether oxygens (including phenoxy) is 1. The van der Waals surface area contributed by atoms with E-state index < -0.39 is 11.7 Å². The highest BCUT2D eigenvalue weighted by atomic mass is 16.6. The Bertz CT molecular complexity index is 2110. The van der Waals surface area contributed by atoms with Gasteiger partial charge < -0.3 is 15.4 Å². The Morgan fingerprint density at radius 3 is 2.42 bits per heavy atom. The normalized spacial score (nSPS) is 17.1. The van der Waals surface area contributed by atoms with E-state index in [1.165, 1.54) is 11.1 Å². The van der Waals surface area contributed by atoms with E-state index >= 15 is 0 Å². The van der Waals surface area contributed by atoms with Crippen LogP contribution in [0.4, 0.5) is 10.5 Å². The number of piperidine rings is 2. The molecule has 2 aliphatic rings. The Hall–Kier alpha value is -5.55. The average molecular weight is 714 g/mol. The van der Waals surface area contributed by atoms with Gasteiger partial charge in [0.1, 0.15) is 11.6 Å². The molecule has 11 nitrogen and oxygen atoms in total. The molecule has 2 fully saturated rings. The quantitative estimate of drug-likeness (QED) is 0.139. The Kier molecular flexibility index (Phi) is 10.3. The maximum absolute atomic E-state index is 12.2. The second kappa shape index (κ2) is 15.2. The number of aryl methyl sites for hydroxylation is 1. The van der Waals surface area contributed by atoms with Crippen LogP contribution in [0.15, 0.2) is 85.2 Å². The summed E-state index contributed by atoms with van der Waals surface area (Å²) in [6, 6.07) is 24.9. The molecular formula is C42H47N7O4. The van der Waals surface area contributed by atoms with Gasteiger partial charge in [-0.25, -0.2) is 14.5 Å². The van der Waals surface area contributed by atoms with Gasteiger partial charge in [-0.05, 0) is 130 Å². The van der Waals surface area contributed by atoms with Gasteiger partial charge in [-0.3, -0.25) is 19.8 Å². The van der Waals surface area contributed by atoms with E-state index in [2.05, 4.69) is 74.4 Å². The van der Waals surface area contributed by atoms with Gasteiger partial charge in [-0.2, -0.15) is 0 Å². The zero-order valence-electron chi connectivity index (χ0n) is 30.8. The number of aromatic nitrogens is 3. The molecule has 7 rings (SSSR count). The van der Waals surface area contributed by atoms with Crippen molar-refractivity contribution >= 4 is 34.6 Å². The summed E-state index contributed by atoms with van der Waals surface area (Å²) in [6.45, 7) is 10.9. The smallest absolute Gasteiger partial charge is 0.407 e. The Morgan fingerprint density at radius 1 is 0.962 bits per heavy atom. The first-order valence-electron chi connectivity index (χ1n) is 18.4. The van der Waals surface area contributed by atoms with E-state index in [1.54, 1.807) is 6.20 Å². The molecule has 0 bridgehead atoms. The van der Waals surface area contributed by atoms with Gasteiger partial charge in [0.2, 0.25) is 11.8 Å². The van der Waals surface area contributed by atoms with Crippen LogP contribution in [0, 0.1) is 6.92 Å². The van der Waals surface area contributed by atoms with E-state index in [0.29, 0.717) is 31.0 Å². The maximum atomic E-state index is 12.2. The number of imide groups is 1. The molecule has 2 aromatic heterocycles. The van der Waals surface area contributed by atoms with Gasteiger partial charge in [0, 0.05) is 43.0 Å². The van der Waals surface area contributed by atoms with E-state index in [9.17, 15) is 14.4 Å². The van der Waals surface area contributed by atoms with Crippen molar-refractivity contribution in [2.45, 2.75) is 84.0 Å². The highest BCUT2D eigenvalue weighted by molar-refractivity contribution is 6.01. The van der Waals surface area contributed by atoms with Crippen LogP contribution in [0.1, 0.15) is 74.6 Å². The predicted molar refractivity (Wildman–Crippen MR) is 206 cm³/mol. The van der Waals surface area contributed by atoms with Crippen molar-refractivity contribution in [2.75, 3.05) is 18.4 Å². The van der Waals surface area contributed by atoms with Crippen molar-refractivity contribution in [3.05, 3.63) is 107 Å². The molecule has 2 aliphatic heterocycles. The summed E-state index contributed by atoms with van der Waals surface area (Å²) < 4.78 is 7.27. The molecule has 0 spiro atoms. The summed E-state index contributed by atoms with van der Waals surface area (Å²) in [4.78, 5) is 42.8. The van der Waals surface area contributed by atoms with Crippen LogP contribution in [0.3, 0.4) is 0 Å². The van der Waals surface area contributed by atoms with Crippen molar-refractivity contribution in [3.8, 4) is 16.8 Å². The molecule has 3 N–H and O–H groups in total. The Labute approximate surface area is 310 Å². The van der Waals surface area contributed by atoms with Crippen LogP contribution in [0.5, 0.6) is 0 Å². The molecule has 1 unspecified atom stereocenters. The number of likely N-dealkylation sites (tertiary alicyclic amines) is 1. The van der Waals surface area contributed by atoms with Crippen molar-refractivity contribution in [1.82, 2.24) is 30.3 Å². The van der Waals surface area contributed by atoms with Crippen LogP contribution in [0.2, 0.25) is 0 Å². The molecule has 0 aliphatic carbocycles. The monoisotopic (exact) mass is 713 g/mol. The van der Waals surface area contributed by atoms with Crippen LogP contribution in [0.25, 0.3) is 27.8 Å². The van der Waals surface area contributed by atoms with E-state index in [1.807, 2.05) is 62.8 Å². The first-order valence-corrected chi connectivity index (χ1v) is 18.4. The summed E-state index contributed by atoms with van der Waals surface area (Å²) in [6.07, 6.45) is 6.48. The highest BCUT2D eigenvalue weighted by Crippen LogP contribution is 2.31. The van der Waals surface area contributed by atoms with Crippen LogP contribution in [-0.2, 0) is 27.4 Å². The minimum absolute atomic E-state index is 0.203. The van der Waals surface area contributed by atoms with Gasteiger partial charge in [0.15, 0.2) is 5.65 Å². The van der Waals surface area contributed by atoms with Crippen molar-refractivity contribution < 1.29 is 19.1 Å². The number of anilines is 1. The Morgan fingerprint density at radius 2 is 1.72 bits per heavy atom. The zero-order chi connectivity index (χ0) is 37.1. The molecule has 2 saturated heterocycles. The molecule has 0 saturated carbocycles. The summed E-state index contributed by atoms with van der Waals surface area (Å²) in [5, 5.41) is 14.3. The molecule has 3 aromatic carbocycles. The number of nitrogens with zero attached hydrogens (tertiary/aromatic N) is 4. The molecule has 5 aromatic rings. The van der Waals surface area contributed by atoms with E-state index in [-0.39, 0.29) is 17.9 Å². The summed E-state index contributed by atoms with van der Waals surface area (Å²) in [7, 11) is 0. The van der Waals surface area contributed by atoms with Gasteiger partial charge >= 0.3 is 6.09 Å². The number of pyridine rings is 1. The van der Waals surface area contributed by atoms with Crippen LogP contribution < -0.4 is 16.0 Å². The summed E-state index contributed by atoms with van der Waals surface area (Å²) >= 11 is 0.